The third-order valence-corrected chi connectivity index (χ3v) is 10.3. The van der Waals surface area contributed by atoms with Crippen LogP contribution in [0.5, 0.6) is 0 Å². The summed E-state index contributed by atoms with van der Waals surface area (Å²) < 4.78 is 3.98. The van der Waals surface area contributed by atoms with E-state index in [0.717, 1.165) is 46.5 Å². The van der Waals surface area contributed by atoms with Crippen LogP contribution in [0.3, 0.4) is 0 Å². The first-order chi connectivity index (χ1) is 23.1. The van der Waals surface area contributed by atoms with Crippen LogP contribution in [0.4, 0.5) is 0 Å². The topological polar surface area (TPSA) is 91.9 Å². The SMILES string of the molecule is OC(Cc1ccccc1Cl)(Cn1[nH]cnc1=S)C1(Cl)CC1.OC(c1cccnc1)c1c(-c2ccc(Cl)cc2)ccn1-c1cccc(Cl)c1. The van der Waals surface area contributed by atoms with Crippen molar-refractivity contribution in [2.75, 3.05) is 0 Å². The molecule has 3 aromatic carbocycles. The van der Waals surface area contributed by atoms with Gasteiger partial charge in [0.2, 0.25) is 4.77 Å². The maximum atomic E-state index is 11.2. The predicted molar refractivity (Wildman–Crippen MR) is 195 cm³/mol. The Balaban J connectivity index is 0.000000173. The Hall–Kier alpha value is -3.47. The van der Waals surface area contributed by atoms with Gasteiger partial charge in [-0.05, 0) is 84.7 Å². The summed E-state index contributed by atoms with van der Waals surface area (Å²) in [5.74, 6) is 0. The fourth-order valence-corrected chi connectivity index (χ4v) is 6.59. The highest BCUT2D eigenvalue weighted by Crippen LogP contribution is 2.53. The first kappa shape index (κ1) is 34.4. The van der Waals surface area contributed by atoms with E-state index in [2.05, 4.69) is 15.1 Å². The Kier molecular flexibility index (Phi) is 10.4. The molecular weight excluding hydrogens is 708 g/mol. The maximum Gasteiger partial charge on any atom is 0.215 e. The Bertz CT molecular complexity index is 2060. The Morgan fingerprint density at radius 3 is 2.35 bits per heavy atom. The average molecular weight is 740 g/mol. The number of rotatable bonds is 9. The molecule has 7 nitrogen and oxygen atoms in total. The number of aromatic nitrogens is 5. The van der Waals surface area contributed by atoms with Gasteiger partial charge in [0.1, 0.15) is 18.0 Å². The normalized spacial score (nSPS) is 15.2. The molecule has 0 bridgehead atoms. The summed E-state index contributed by atoms with van der Waals surface area (Å²) in [6, 6.07) is 28.2. The second-order valence-electron chi connectivity index (χ2n) is 11.7. The summed E-state index contributed by atoms with van der Waals surface area (Å²) in [5.41, 5.74) is 3.97. The Morgan fingerprint density at radius 1 is 0.938 bits per heavy atom. The molecule has 48 heavy (non-hydrogen) atoms. The smallest absolute Gasteiger partial charge is 0.215 e. The van der Waals surface area contributed by atoms with Gasteiger partial charge in [-0.1, -0.05) is 77.3 Å². The van der Waals surface area contributed by atoms with Crippen molar-refractivity contribution in [3.63, 3.8) is 0 Å². The van der Waals surface area contributed by atoms with Crippen LogP contribution in [0.1, 0.15) is 35.8 Å². The standard InChI is InChI=1S/C22H16Cl2N2O.C14H15Cl2N3OS/c23-17-8-6-15(7-9-17)20-10-12-26(19-5-1-4-18(24)13-19)21(20)22(27)16-3-2-11-25-14-16;15-11-4-2-1-3-10(11)7-14(20,13(16)5-6-13)8-19-12(21)17-9-18-19/h1-14,22,27H;1-4,9,20H,5-8H2,(H,17,18,21). The third-order valence-electron chi connectivity index (χ3n) is 8.43. The number of aromatic amines is 1. The van der Waals surface area contributed by atoms with Gasteiger partial charge in [-0.2, -0.15) is 0 Å². The highest BCUT2D eigenvalue weighted by molar-refractivity contribution is 7.71. The molecule has 1 fully saturated rings. The molecule has 0 spiro atoms. The van der Waals surface area contributed by atoms with Crippen LogP contribution < -0.4 is 0 Å². The fraction of sp³-hybridized carbons (Fsp3) is 0.194. The Morgan fingerprint density at radius 2 is 1.71 bits per heavy atom. The first-order valence-corrected chi connectivity index (χ1v) is 17.0. The van der Waals surface area contributed by atoms with Crippen molar-refractivity contribution in [3.8, 4) is 16.8 Å². The zero-order valence-corrected chi connectivity index (χ0v) is 29.3. The Labute approximate surface area is 303 Å². The van der Waals surface area contributed by atoms with Gasteiger partial charge in [-0.3, -0.25) is 14.8 Å². The van der Waals surface area contributed by atoms with Crippen molar-refractivity contribution in [1.29, 1.82) is 0 Å². The minimum Gasteiger partial charge on any atom is -0.386 e. The molecule has 2 unspecified atom stereocenters. The second-order valence-corrected chi connectivity index (χ2v) is 14.1. The summed E-state index contributed by atoms with van der Waals surface area (Å²) in [6.07, 6.45) is 7.87. The first-order valence-electron chi connectivity index (χ1n) is 15.1. The van der Waals surface area contributed by atoms with E-state index in [4.69, 9.17) is 58.6 Å². The number of nitrogens with zero attached hydrogens (tertiary/aromatic N) is 4. The number of nitrogens with one attached hydrogen (secondary N) is 1. The minimum absolute atomic E-state index is 0.264. The lowest BCUT2D eigenvalue weighted by atomic mass is 9.89. The van der Waals surface area contributed by atoms with Crippen LogP contribution in [0.25, 0.3) is 16.8 Å². The van der Waals surface area contributed by atoms with E-state index in [-0.39, 0.29) is 6.54 Å². The van der Waals surface area contributed by atoms with E-state index < -0.39 is 16.6 Å². The van der Waals surface area contributed by atoms with Crippen molar-refractivity contribution in [2.24, 2.45) is 0 Å². The maximum absolute atomic E-state index is 11.2. The van der Waals surface area contributed by atoms with Crippen molar-refractivity contribution in [3.05, 3.63) is 153 Å². The van der Waals surface area contributed by atoms with Gasteiger partial charge in [0.25, 0.3) is 0 Å². The number of H-pyrrole nitrogens is 1. The zero-order valence-electron chi connectivity index (χ0n) is 25.5. The summed E-state index contributed by atoms with van der Waals surface area (Å²) in [4.78, 5) is 7.48. The minimum atomic E-state index is -1.13. The monoisotopic (exact) mass is 737 g/mol. The number of halogens is 4. The van der Waals surface area contributed by atoms with Crippen LogP contribution in [0, 0.1) is 4.77 Å². The molecule has 246 valence electrons. The molecule has 12 heteroatoms. The number of aliphatic hydroxyl groups is 2. The highest BCUT2D eigenvalue weighted by Gasteiger charge is 2.58. The van der Waals surface area contributed by atoms with Gasteiger partial charge in [-0.25, -0.2) is 4.98 Å². The summed E-state index contributed by atoms with van der Waals surface area (Å²) >= 11 is 30.1. The van der Waals surface area contributed by atoms with E-state index >= 15 is 0 Å². The summed E-state index contributed by atoms with van der Waals surface area (Å²) in [6.45, 7) is 0.264. The molecule has 6 aromatic rings. The number of benzene rings is 3. The number of alkyl halides is 1. The summed E-state index contributed by atoms with van der Waals surface area (Å²) in [7, 11) is 0. The highest BCUT2D eigenvalue weighted by atomic mass is 35.5. The van der Waals surface area contributed by atoms with E-state index in [0.29, 0.717) is 26.3 Å². The largest absolute Gasteiger partial charge is 0.386 e. The third kappa shape index (κ3) is 7.56. The molecule has 0 aliphatic heterocycles. The lowest BCUT2D eigenvalue weighted by Gasteiger charge is -2.33. The molecule has 3 heterocycles. The predicted octanol–water partition coefficient (Wildman–Crippen LogP) is 9.27. The lowest BCUT2D eigenvalue weighted by molar-refractivity contribution is 0.00728. The second kappa shape index (κ2) is 14.6. The van der Waals surface area contributed by atoms with Gasteiger partial charge < -0.3 is 14.8 Å². The van der Waals surface area contributed by atoms with Gasteiger partial charge >= 0.3 is 0 Å². The molecule has 1 aliphatic rings. The van der Waals surface area contributed by atoms with Crippen LogP contribution in [0.15, 0.2) is 116 Å². The van der Waals surface area contributed by atoms with Crippen molar-refractivity contribution in [1.82, 2.24) is 24.3 Å². The molecule has 7 rings (SSSR count). The van der Waals surface area contributed by atoms with Crippen molar-refractivity contribution >= 4 is 58.6 Å². The van der Waals surface area contributed by atoms with Crippen molar-refractivity contribution < 1.29 is 10.2 Å². The van der Waals surface area contributed by atoms with E-state index in [1.54, 1.807) is 17.1 Å². The molecule has 0 saturated heterocycles. The lowest BCUT2D eigenvalue weighted by Crippen LogP contribution is -2.47. The van der Waals surface area contributed by atoms with E-state index in [1.165, 1.54) is 6.33 Å². The average Bonchev–Trinajstić information content (AvgIpc) is 3.51. The quantitative estimate of drug-likeness (QED) is 0.102. The molecule has 0 amide bonds. The van der Waals surface area contributed by atoms with Crippen LogP contribution in [-0.4, -0.2) is 45.0 Å². The molecule has 3 N–H and O–H groups in total. The fourth-order valence-electron chi connectivity index (χ4n) is 5.69. The molecule has 1 aliphatic carbocycles. The van der Waals surface area contributed by atoms with Crippen LogP contribution in [-0.2, 0) is 13.0 Å². The van der Waals surface area contributed by atoms with Crippen LogP contribution >= 0.6 is 58.6 Å². The number of pyridine rings is 1. The summed E-state index contributed by atoms with van der Waals surface area (Å²) in [5, 5.41) is 27.2. The molecule has 2 atom stereocenters. The molecule has 1 saturated carbocycles. The van der Waals surface area contributed by atoms with E-state index in [9.17, 15) is 10.2 Å². The van der Waals surface area contributed by atoms with E-state index in [1.807, 2.05) is 102 Å². The molecule has 0 radical (unpaired) electrons. The number of hydrogen-bond acceptors (Lipinski definition) is 5. The molecular formula is C36H31Cl4N5O2S. The van der Waals surface area contributed by atoms with Crippen LogP contribution in [0.2, 0.25) is 15.1 Å². The van der Waals surface area contributed by atoms with Gasteiger partial charge in [0.15, 0.2) is 0 Å². The molecule has 3 aromatic heterocycles. The van der Waals surface area contributed by atoms with Crippen molar-refractivity contribution in [2.45, 2.75) is 42.4 Å². The van der Waals surface area contributed by atoms with Gasteiger partial charge in [-0.15, -0.1) is 11.6 Å². The number of aliphatic hydroxyl groups excluding tert-OH is 1. The number of hydrogen-bond donors (Lipinski definition) is 3. The van der Waals surface area contributed by atoms with Gasteiger partial charge in [0, 0.05) is 56.9 Å². The zero-order chi connectivity index (χ0) is 33.9. The van der Waals surface area contributed by atoms with Gasteiger partial charge in [0.05, 0.1) is 17.1 Å².